The first kappa shape index (κ1) is 19.4. The normalized spacial score (nSPS) is 14.4. The number of nitrogens with one attached hydrogen (secondary N) is 1. The molecule has 2 aromatic carbocycles. The van der Waals surface area contributed by atoms with E-state index in [0.717, 1.165) is 11.1 Å². The Morgan fingerprint density at radius 2 is 1.96 bits per heavy atom. The van der Waals surface area contributed by atoms with Gasteiger partial charge >= 0.3 is 0 Å². The van der Waals surface area contributed by atoms with Crippen LogP contribution in [-0.2, 0) is 23.0 Å². The minimum atomic E-state index is -3.23. The smallest absolute Gasteiger partial charge is 0.259 e. The first-order valence-electron chi connectivity index (χ1n) is 8.98. The summed E-state index contributed by atoms with van der Waals surface area (Å²) in [5.41, 5.74) is 3.14. The molecule has 0 saturated carbocycles. The highest BCUT2D eigenvalue weighted by Crippen LogP contribution is 2.26. The zero-order valence-electron chi connectivity index (χ0n) is 15.6. The number of hydrogen-bond acceptors (Lipinski definition) is 4. The summed E-state index contributed by atoms with van der Waals surface area (Å²) < 4.78 is 31.5. The molecule has 144 valence electrons. The van der Waals surface area contributed by atoms with Gasteiger partial charge in [-0.2, -0.15) is 4.31 Å². The Hall–Kier alpha value is -2.38. The van der Waals surface area contributed by atoms with Crippen LogP contribution in [0.5, 0.6) is 5.75 Å². The van der Waals surface area contributed by atoms with E-state index < -0.39 is 10.0 Å². The summed E-state index contributed by atoms with van der Waals surface area (Å²) in [7, 11) is -1.71. The number of carbonyl (C=O) groups is 1. The van der Waals surface area contributed by atoms with Crippen LogP contribution in [0.3, 0.4) is 0 Å². The maximum atomic E-state index is 12.6. The largest absolute Gasteiger partial charge is 0.496 e. The van der Waals surface area contributed by atoms with Gasteiger partial charge in [-0.3, -0.25) is 4.79 Å². The number of hydrogen-bond donors (Lipinski definition) is 1. The minimum absolute atomic E-state index is 0.159. The van der Waals surface area contributed by atoms with Crippen LogP contribution in [0.15, 0.2) is 42.5 Å². The lowest BCUT2D eigenvalue weighted by atomic mass is 10.0. The van der Waals surface area contributed by atoms with Crippen molar-refractivity contribution in [1.29, 1.82) is 0 Å². The van der Waals surface area contributed by atoms with Crippen LogP contribution in [-0.4, -0.2) is 38.0 Å². The van der Waals surface area contributed by atoms with Gasteiger partial charge < -0.3 is 10.1 Å². The molecule has 0 fully saturated rings. The number of methoxy groups -OCH3 is 1. The van der Waals surface area contributed by atoms with Gasteiger partial charge in [0.2, 0.25) is 10.0 Å². The van der Waals surface area contributed by atoms with Gasteiger partial charge in [0, 0.05) is 18.8 Å². The fourth-order valence-electron chi connectivity index (χ4n) is 3.26. The van der Waals surface area contributed by atoms with Crippen molar-refractivity contribution < 1.29 is 17.9 Å². The van der Waals surface area contributed by atoms with Gasteiger partial charge in [0.15, 0.2) is 0 Å². The summed E-state index contributed by atoms with van der Waals surface area (Å²) in [4.78, 5) is 12.6. The number of benzene rings is 2. The molecule has 7 heteroatoms. The number of fused-ring (bicyclic) bond motifs is 1. The van der Waals surface area contributed by atoms with E-state index in [4.69, 9.17) is 4.74 Å². The number of carbonyl (C=O) groups excluding carboxylic acids is 1. The van der Waals surface area contributed by atoms with Gasteiger partial charge in [-0.25, -0.2) is 8.42 Å². The topological polar surface area (TPSA) is 75.7 Å². The molecule has 0 atom stereocenters. The third kappa shape index (κ3) is 4.31. The second-order valence-electron chi connectivity index (χ2n) is 6.54. The molecule has 0 radical (unpaired) electrons. The third-order valence-electron chi connectivity index (χ3n) is 4.65. The van der Waals surface area contributed by atoms with Crippen molar-refractivity contribution in [2.75, 3.05) is 24.7 Å². The Labute approximate surface area is 160 Å². The Morgan fingerprint density at radius 1 is 1.19 bits per heavy atom. The first-order valence-corrected chi connectivity index (χ1v) is 10.6. The lowest BCUT2D eigenvalue weighted by molar-refractivity contribution is 0.102. The summed E-state index contributed by atoms with van der Waals surface area (Å²) in [5.74, 6) is 0.399. The molecule has 27 heavy (non-hydrogen) atoms. The van der Waals surface area contributed by atoms with Crippen LogP contribution in [0, 0.1) is 0 Å². The van der Waals surface area contributed by atoms with Crippen molar-refractivity contribution >= 4 is 21.6 Å². The van der Waals surface area contributed by atoms with Gasteiger partial charge in [0.1, 0.15) is 5.75 Å². The predicted octanol–water partition coefficient (Wildman–Crippen LogP) is 3.05. The fraction of sp³-hybridized carbons (Fsp3) is 0.350. The minimum Gasteiger partial charge on any atom is -0.496 e. The standard InChI is InChI=1S/C20H24N2O4S/c1-3-12-27(24,25)22-11-10-15-8-9-17(13-16(15)14-22)21-20(23)18-6-4-5-7-19(18)26-2/h4-9,13H,3,10-12,14H2,1-2H3,(H,21,23). The molecule has 1 amide bonds. The molecular weight excluding hydrogens is 364 g/mol. The van der Waals surface area contributed by atoms with Gasteiger partial charge in [0.05, 0.1) is 18.4 Å². The van der Waals surface area contributed by atoms with E-state index in [1.54, 1.807) is 24.3 Å². The Balaban J connectivity index is 1.79. The monoisotopic (exact) mass is 388 g/mol. The number of amides is 1. The molecule has 1 N–H and O–H groups in total. The molecule has 1 heterocycles. The van der Waals surface area contributed by atoms with Crippen molar-refractivity contribution in [3.8, 4) is 5.75 Å². The number of para-hydroxylation sites is 1. The number of anilines is 1. The molecule has 2 aromatic rings. The van der Waals surface area contributed by atoms with E-state index in [1.807, 2.05) is 25.1 Å². The summed E-state index contributed by atoms with van der Waals surface area (Å²) in [6.45, 7) is 2.71. The number of rotatable bonds is 6. The summed E-state index contributed by atoms with van der Waals surface area (Å²) in [6, 6.07) is 12.7. The Kier molecular flexibility index (Phi) is 5.82. The molecule has 0 aromatic heterocycles. The predicted molar refractivity (Wildman–Crippen MR) is 106 cm³/mol. The van der Waals surface area contributed by atoms with E-state index in [9.17, 15) is 13.2 Å². The van der Waals surface area contributed by atoms with Gasteiger partial charge in [-0.15, -0.1) is 0 Å². The lowest BCUT2D eigenvalue weighted by Crippen LogP contribution is -2.37. The number of nitrogens with zero attached hydrogens (tertiary/aromatic N) is 1. The van der Waals surface area contributed by atoms with Crippen LogP contribution in [0.4, 0.5) is 5.69 Å². The van der Waals surface area contributed by atoms with Crippen LogP contribution in [0.2, 0.25) is 0 Å². The van der Waals surface area contributed by atoms with Crippen molar-refractivity contribution in [2.24, 2.45) is 0 Å². The molecule has 1 aliphatic rings. The summed E-state index contributed by atoms with van der Waals surface area (Å²) in [6.07, 6.45) is 1.28. The number of sulfonamides is 1. The molecule has 3 rings (SSSR count). The molecular formula is C20H24N2O4S. The van der Waals surface area contributed by atoms with Crippen molar-refractivity contribution in [3.05, 3.63) is 59.2 Å². The van der Waals surface area contributed by atoms with Crippen molar-refractivity contribution in [1.82, 2.24) is 4.31 Å². The molecule has 1 aliphatic heterocycles. The highest BCUT2D eigenvalue weighted by Gasteiger charge is 2.26. The molecule has 0 bridgehead atoms. The Bertz CT molecular complexity index is 941. The zero-order chi connectivity index (χ0) is 19.4. The van der Waals surface area contributed by atoms with Crippen molar-refractivity contribution in [2.45, 2.75) is 26.3 Å². The summed E-state index contributed by atoms with van der Waals surface area (Å²) in [5, 5.41) is 2.87. The SMILES string of the molecule is CCCS(=O)(=O)N1CCc2ccc(NC(=O)c3ccccc3OC)cc2C1. The van der Waals surface area contributed by atoms with E-state index in [1.165, 1.54) is 11.4 Å². The Morgan fingerprint density at radius 3 is 2.70 bits per heavy atom. The van der Waals surface area contributed by atoms with Crippen LogP contribution >= 0.6 is 0 Å². The van der Waals surface area contributed by atoms with Gasteiger partial charge in [-0.05, 0) is 48.2 Å². The highest BCUT2D eigenvalue weighted by atomic mass is 32.2. The van der Waals surface area contributed by atoms with Crippen LogP contribution in [0.1, 0.15) is 34.8 Å². The average Bonchev–Trinajstić information content (AvgIpc) is 2.67. The molecule has 0 aliphatic carbocycles. The highest BCUT2D eigenvalue weighted by molar-refractivity contribution is 7.89. The first-order chi connectivity index (χ1) is 12.9. The second kappa shape index (κ2) is 8.10. The van der Waals surface area contributed by atoms with Gasteiger partial charge in [-0.1, -0.05) is 25.1 Å². The zero-order valence-corrected chi connectivity index (χ0v) is 16.4. The quantitative estimate of drug-likeness (QED) is 0.825. The number of ether oxygens (including phenoxy) is 1. The van der Waals surface area contributed by atoms with E-state index in [-0.39, 0.29) is 11.7 Å². The lowest BCUT2D eigenvalue weighted by Gasteiger charge is -2.28. The van der Waals surface area contributed by atoms with E-state index in [2.05, 4.69) is 5.32 Å². The van der Waals surface area contributed by atoms with Crippen LogP contribution < -0.4 is 10.1 Å². The maximum Gasteiger partial charge on any atom is 0.259 e. The molecule has 0 spiro atoms. The van der Waals surface area contributed by atoms with Crippen LogP contribution in [0.25, 0.3) is 0 Å². The van der Waals surface area contributed by atoms with Crippen molar-refractivity contribution in [3.63, 3.8) is 0 Å². The molecule has 6 nitrogen and oxygen atoms in total. The van der Waals surface area contributed by atoms with E-state index >= 15 is 0 Å². The maximum absolute atomic E-state index is 12.6. The van der Waals surface area contributed by atoms with E-state index in [0.29, 0.717) is 42.9 Å². The molecule has 0 unspecified atom stereocenters. The summed E-state index contributed by atoms with van der Waals surface area (Å²) >= 11 is 0. The third-order valence-corrected chi connectivity index (χ3v) is 6.67. The molecule has 0 saturated heterocycles. The van der Waals surface area contributed by atoms with Gasteiger partial charge in [0.25, 0.3) is 5.91 Å². The average molecular weight is 388 g/mol. The second-order valence-corrected chi connectivity index (χ2v) is 8.63. The fourth-order valence-corrected chi connectivity index (χ4v) is 4.74.